The molecule has 0 bridgehead atoms. The van der Waals surface area contributed by atoms with Gasteiger partial charge >= 0.3 is 0 Å². The van der Waals surface area contributed by atoms with Crippen molar-refractivity contribution < 1.29 is 0 Å². The largest absolute Gasteiger partial charge is 0.309 e. The fourth-order valence-corrected chi connectivity index (χ4v) is 15.9. The predicted molar refractivity (Wildman–Crippen MR) is 261 cm³/mol. The van der Waals surface area contributed by atoms with Gasteiger partial charge in [0.25, 0.3) is 0 Å². The zero-order chi connectivity index (χ0) is 40.1. The maximum atomic E-state index is 2.51. The van der Waals surface area contributed by atoms with Crippen molar-refractivity contribution in [2.45, 2.75) is 0 Å². The van der Waals surface area contributed by atoms with Gasteiger partial charge in [0, 0.05) is 32.9 Å². The second-order valence-electron chi connectivity index (χ2n) is 16.5. The van der Waals surface area contributed by atoms with Crippen LogP contribution >= 0.6 is 0 Å². The first-order chi connectivity index (χ1) is 30.3. The number of para-hydroxylation sites is 2. The summed E-state index contributed by atoms with van der Waals surface area (Å²) in [5, 5.41) is 13.3. The first-order valence-electron chi connectivity index (χ1n) is 21.2. The monoisotopic (exact) mass is 790 g/mol. The van der Waals surface area contributed by atoms with Gasteiger partial charge in [-0.15, -0.1) is 0 Å². The van der Waals surface area contributed by atoms with Gasteiger partial charge in [0.2, 0.25) is 0 Å². The number of benzene rings is 10. The third-order valence-corrected chi connectivity index (χ3v) is 18.2. The molecule has 0 unspecified atom stereocenters. The van der Waals surface area contributed by atoms with E-state index in [0.717, 1.165) is 5.69 Å². The third-order valence-electron chi connectivity index (χ3n) is 13.4. The lowest BCUT2D eigenvalue weighted by Gasteiger charge is -2.31. The molecular formula is C58H38N2Si. The van der Waals surface area contributed by atoms with E-state index >= 15 is 0 Å². The number of hydrogen-bond acceptors (Lipinski definition) is 0. The molecule has 0 aliphatic carbocycles. The molecule has 1 aliphatic heterocycles. The van der Waals surface area contributed by atoms with E-state index in [9.17, 15) is 0 Å². The summed E-state index contributed by atoms with van der Waals surface area (Å²) >= 11 is 0. The molecule has 0 fully saturated rings. The molecule has 0 N–H and O–H groups in total. The van der Waals surface area contributed by atoms with Gasteiger partial charge in [0.15, 0.2) is 8.07 Å². The highest BCUT2D eigenvalue weighted by Gasteiger charge is 2.48. The fraction of sp³-hybridized carbons (Fsp3) is 0. The Hall–Kier alpha value is -7.72. The second kappa shape index (κ2) is 13.1. The Labute approximate surface area is 354 Å². The van der Waals surface area contributed by atoms with Crippen LogP contribution in [0.15, 0.2) is 231 Å². The van der Waals surface area contributed by atoms with Gasteiger partial charge in [-0.25, -0.2) is 0 Å². The van der Waals surface area contributed by atoms with Crippen LogP contribution in [0.25, 0.3) is 88.0 Å². The molecule has 0 saturated carbocycles. The SMILES string of the molecule is c1ccc([Si]2(c3ccccc3)c3ccccc3-c3ccc(-c4ccc(-n5c6ccccc6c6cc7c8ccccc8n(-c8ccc9ccccc9c8)c7cc65)cc4)cc32)cc1. The van der Waals surface area contributed by atoms with Gasteiger partial charge in [0.05, 0.1) is 22.1 Å². The van der Waals surface area contributed by atoms with Crippen LogP contribution in [0.3, 0.4) is 0 Å². The molecule has 61 heavy (non-hydrogen) atoms. The van der Waals surface area contributed by atoms with Gasteiger partial charge in [-0.2, -0.15) is 0 Å². The molecule has 0 amide bonds. The smallest absolute Gasteiger partial charge is 0.180 e. The number of hydrogen-bond donors (Lipinski definition) is 0. The van der Waals surface area contributed by atoms with Crippen molar-refractivity contribution in [3.8, 4) is 33.6 Å². The van der Waals surface area contributed by atoms with E-state index in [1.165, 1.54) is 103 Å². The van der Waals surface area contributed by atoms with Crippen molar-refractivity contribution in [1.82, 2.24) is 9.13 Å². The van der Waals surface area contributed by atoms with E-state index in [4.69, 9.17) is 0 Å². The average Bonchev–Trinajstić information content (AvgIpc) is 3.95. The normalized spacial score (nSPS) is 13.0. The Bertz CT molecular complexity index is 3650. The number of aromatic nitrogens is 2. The van der Waals surface area contributed by atoms with E-state index in [-0.39, 0.29) is 0 Å². The quantitative estimate of drug-likeness (QED) is 0.154. The minimum absolute atomic E-state index is 1.15. The second-order valence-corrected chi connectivity index (χ2v) is 20.2. The number of rotatable bonds is 5. The predicted octanol–water partition coefficient (Wildman–Crippen LogP) is 12.1. The van der Waals surface area contributed by atoms with Gasteiger partial charge in [-0.3, -0.25) is 0 Å². The molecule has 284 valence electrons. The number of nitrogens with zero attached hydrogens (tertiary/aromatic N) is 2. The van der Waals surface area contributed by atoms with Crippen molar-refractivity contribution in [2.75, 3.05) is 0 Å². The lowest BCUT2D eigenvalue weighted by Crippen LogP contribution is -2.72. The van der Waals surface area contributed by atoms with E-state index in [1.54, 1.807) is 0 Å². The minimum atomic E-state index is -2.59. The van der Waals surface area contributed by atoms with Gasteiger partial charge < -0.3 is 9.13 Å². The summed E-state index contributed by atoms with van der Waals surface area (Å²) in [7, 11) is -2.59. The molecule has 2 aromatic heterocycles. The van der Waals surface area contributed by atoms with Gasteiger partial charge in [0.1, 0.15) is 0 Å². The van der Waals surface area contributed by atoms with Crippen LogP contribution in [-0.2, 0) is 0 Å². The fourth-order valence-electron chi connectivity index (χ4n) is 10.7. The first-order valence-corrected chi connectivity index (χ1v) is 23.2. The standard InChI is InChI=1S/C58H38N2Si/c1-3-17-45(18-4-1)61(46-19-5-2-6-20-46)57-26-14-11-23-49(57)50-34-30-42(36-58(50)61)40-27-31-43(32-28-40)59-53-24-12-9-21-47(53)51-37-52-48-22-10-13-25-54(48)60(56(52)38-55(51)59)44-33-29-39-15-7-8-16-41(39)35-44/h1-38H. The molecule has 3 heteroatoms. The molecule has 10 aromatic carbocycles. The highest BCUT2D eigenvalue weighted by Crippen LogP contribution is 2.40. The summed E-state index contributed by atoms with van der Waals surface area (Å²) in [5.41, 5.74) is 12.3. The van der Waals surface area contributed by atoms with E-state index in [1.807, 2.05) is 0 Å². The Morgan fingerprint density at radius 3 is 1.49 bits per heavy atom. The first kappa shape index (κ1) is 34.2. The lowest BCUT2D eigenvalue weighted by atomic mass is 10.0. The molecule has 0 spiro atoms. The van der Waals surface area contributed by atoms with Crippen LogP contribution in [0.4, 0.5) is 0 Å². The molecule has 12 aromatic rings. The molecule has 2 nitrogen and oxygen atoms in total. The van der Waals surface area contributed by atoms with Crippen molar-refractivity contribution in [3.05, 3.63) is 231 Å². The Morgan fingerprint density at radius 1 is 0.279 bits per heavy atom. The Kier molecular flexibility index (Phi) is 7.36. The molecule has 1 aliphatic rings. The zero-order valence-corrected chi connectivity index (χ0v) is 34.3. The highest BCUT2D eigenvalue weighted by molar-refractivity contribution is 7.22. The van der Waals surface area contributed by atoms with Crippen LogP contribution in [0.5, 0.6) is 0 Å². The van der Waals surface area contributed by atoms with Crippen molar-refractivity contribution in [2.24, 2.45) is 0 Å². The van der Waals surface area contributed by atoms with Gasteiger partial charge in [-0.1, -0.05) is 182 Å². The Balaban J connectivity index is 0.990. The molecule has 0 saturated heterocycles. The third kappa shape index (κ3) is 4.90. The molecule has 13 rings (SSSR count). The van der Waals surface area contributed by atoms with Crippen LogP contribution < -0.4 is 20.7 Å². The Morgan fingerprint density at radius 2 is 0.803 bits per heavy atom. The average molecular weight is 791 g/mol. The molecule has 0 atom stereocenters. The zero-order valence-electron chi connectivity index (χ0n) is 33.3. The van der Waals surface area contributed by atoms with Gasteiger partial charge in [-0.05, 0) is 102 Å². The summed E-state index contributed by atoms with van der Waals surface area (Å²) in [6.45, 7) is 0. The minimum Gasteiger partial charge on any atom is -0.309 e. The van der Waals surface area contributed by atoms with Crippen molar-refractivity contribution in [3.63, 3.8) is 0 Å². The van der Waals surface area contributed by atoms with Crippen LogP contribution in [0.2, 0.25) is 0 Å². The molecule has 3 heterocycles. The summed E-state index contributed by atoms with van der Waals surface area (Å²) in [6.07, 6.45) is 0. The summed E-state index contributed by atoms with van der Waals surface area (Å²) in [6, 6.07) is 86.1. The van der Waals surface area contributed by atoms with Crippen LogP contribution in [-0.4, -0.2) is 17.2 Å². The van der Waals surface area contributed by atoms with Crippen molar-refractivity contribution in [1.29, 1.82) is 0 Å². The van der Waals surface area contributed by atoms with E-state index in [0.29, 0.717) is 0 Å². The number of fused-ring (bicyclic) bond motifs is 10. The van der Waals surface area contributed by atoms with E-state index < -0.39 is 8.07 Å². The molecule has 0 radical (unpaired) electrons. The summed E-state index contributed by atoms with van der Waals surface area (Å²) in [4.78, 5) is 0. The summed E-state index contributed by atoms with van der Waals surface area (Å²) < 4.78 is 4.90. The highest BCUT2D eigenvalue weighted by atomic mass is 28.3. The van der Waals surface area contributed by atoms with Crippen LogP contribution in [0, 0.1) is 0 Å². The maximum absolute atomic E-state index is 2.59. The topological polar surface area (TPSA) is 9.86 Å². The van der Waals surface area contributed by atoms with Crippen LogP contribution in [0.1, 0.15) is 0 Å². The lowest BCUT2D eigenvalue weighted by molar-refractivity contribution is 1.17. The molecular weight excluding hydrogens is 753 g/mol. The van der Waals surface area contributed by atoms with E-state index in [2.05, 4.69) is 240 Å². The van der Waals surface area contributed by atoms with Crippen molar-refractivity contribution >= 4 is 83.2 Å². The maximum Gasteiger partial charge on any atom is 0.180 e. The summed E-state index contributed by atoms with van der Waals surface area (Å²) in [5.74, 6) is 0.